The third kappa shape index (κ3) is 7.08. The minimum atomic E-state index is -0.772. The highest BCUT2D eigenvalue weighted by atomic mass is 79.9. The fourth-order valence-corrected chi connectivity index (χ4v) is 4.50. The first-order valence-corrected chi connectivity index (χ1v) is 12.4. The van der Waals surface area contributed by atoms with E-state index in [0.29, 0.717) is 24.2 Å². The third-order valence-corrected chi connectivity index (χ3v) is 6.32. The van der Waals surface area contributed by atoms with Gasteiger partial charge in [0.2, 0.25) is 17.7 Å². The number of amides is 3. The Morgan fingerprint density at radius 1 is 1.09 bits per heavy atom. The van der Waals surface area contributed by atoms with Crippen LogP contribution in [0.5, 0.6) is 0 Å². The van der Waals surface area contributed by atoms with E-state index in [1.165, 1.54) is 0 Å². The molecule has 0 saturated carbocycles. The van der Waals surface area contributed by atoms with Crippen LogP contribution in [0.4, 0.5) is 11.4 Å². The zero-order valence-corrected chi connectivity index (χ0v) is 21.7. The van der Waals surface area contributed by atoms with Gasteiger partial charge >= 0.3 is 0 Å². The predicted octanol–water partition coefficient (Wildman–Crippen LogP) is 3.98. The Bertz CT molecular complexity index is 1210. The molecule has 186 valence electrons. The van der Waals surface area contributed by atoms with E-state index in [2.05, 4.69) is 36.9 Å². The van der Waals surface area contributed by atoms with Gasteiger partial charge in [-0.1, -0.05) is 48.0 Å². The number of halogens is 1. The summed E-state index contributed by atoms with van der Waals surface area (Å²) < 4.78 is 0.806. The lowest BCUT2D eigenvalue weighted by atomic mass is 9.92. The first kappa shape index (κ1) is 26.3. The molecule has 35 heavy (non-hydrogen) atoms. The molecular formula is C26H32BrN5O3. The number of hydrogen-bond acceptors (Lipinski definition) is 4. The SMILES string of the molecule is CNC(=O)[C@H](Cc1c[nH]c2ccccc12)NC(=O)[C@@H](CC(=O)Nc1ccc(Br)cc1N)CC(C)C. The van der Waals surface area contributed by atoms with Gasteiger partial charge < -0.3 is 26.7 Å². The van der Waals surface area contributed by atoms with Crippen molar-refractivity contribution < 1.29 is 14.4 Å². The van der Waals surface area contributed by atoms with Gasteiger partial charge in [-0.2, -0.15) is 0 Å². The molecule has 6 N–H and O–H groups in total. The maximum Gasteiger partial charge on any atom is 0.242 e. The molecule has 3 amide bonds. The van der Waals surface area contributed by atoms with E-state index >= 15 is 0 Å². The summed E-state index contributed by atoms with van der Waals surface area (Å²) in [6.45, 7) is 3.99. The maximum atomic E-state index is 13.3. The van der Waals surface area contributed by atoms with Crippen LogP contribution in [0.25, 0.3) is 10.9 Å². The normalized spacial score (nSPS) is 12.8. The molecule has 0 aliphatic heterocycles. The van der Waals surface area contributed by atoms with Gasteiger partial charge in [-0.15, -0.1) is 0 Å². The van der Waals surface area contributed by atoms with Gasteiger partial charge in [0.25, 0.3) is 0 Å². The van der Waals surface area contributed by atoms with E-state index in [0.717, 1.165) is 20.9 Å². The molecule has 3 aromatic rings. The summed E-state index contributed by atoms with van der Waals surface area (Å²) >= 11 is 3.34. The molecule has 0 radical (unpaired) electrons. The van der Waals surface area contributed by atoms with Gasteiger partial charge in [0, 0.05) is 47.4 Å². The van der Waals surface area contributed by atoms with Gasteiger partial charge in [0.05, 0.1) is 11.4 Å². The molecule has 9 heteroatoms. The standard InChI is InChI=1S/C26H32BrN5O3/c1-15(2)10-16(12-24(33)31-22-9-8-18(27)13-20(22)28)25(34)32-23(26(35)29-3)11-17-14-30-21-7-5-4-6-19(17)21/h4-9,13-16,23,30H,10-12,28H2,1-3H3,(H,29,35)(H,31,33)(H,32,34)/t16-,23+/m1/s1. The number of para-hydroxylation sites is 1. The molecular weight excluding hydrogens is 510 g/mol. The number of fused-ring (bicyclic) bond motifs is 1. The Balaban J connectivity index is 1.73. The van der Waals surface area contributed by atoms with Crippen LogP contribution >= 0.6 is 15.9 Å². The molecule has 0 saturated heterocycles. The fourth-order valence-electron chi connectivity index (χ4n) is 4.12. The van der Waals surface area contributed by atoms with E-state index < -0.39 is 12.0 Å². The van der Waals surface area contributed by atoms with Crippen LogP contribution in [0.1, 0.15) is 32.3 Å². The molecule has 1 aromatic heterocycles. The first-order valence-electron chi connectivity index (χ1n) is 11.6. The summed E-state index contributed by atoms with van der Waals surface area (Å²) in [6.07, 6.45) is 2.66. The largest absolute Gasteiger partial charge is 0.397 e. The van der Waals surface area contributed by atoms with Crippen LogP contribution < -0.4 is 21.7 Å². The number of likely N-dealkylation sites (N-methyl/N-ethyl adjacent to an activating group) is 1. The summed E-state index contributed by atoms with van der Waals surface area (Å²) in [7, 11) is 1.54. The number of H-pyrrole nitrogens is 1. The van der Waals surface area contributed by atoms with Gasteiger partial charge in [-0.05, 0) is 42.2 Å². The number of hydrogen-bond donors (Lipinski definition) is 5. The third-order valence-electron chi connectivity index (χ3n) is 5.82. The number of nitrogens with two attached hydrogens (primary N) is 1. The quantitative estimate of drug-likeness (QED) is 0.248. The van der Waals surface area contributed by atoms with Crippen molar-refractivity contribution in [2.75, 3.05) is 18.1 Å². The maximum absolute atomic E-state index is 13.3. The van der Waals surface area contributed by atoms with Crippen molar-refractivity contribution in [2.45, 2.75) is 39.2 Å². The molecule has 0 bridgehead atoms. The smallest absolute Gasteiger partial charge is 0.242 e. The van der Waals surface area contributed by atoms with Crippen LogP contribution in [0.3, 0.4) is 0 Å². The van der Waals surface area contributed by atoms with Crippen LogP contribution in [-0.2, 0) is 20.8 Å². The van der Waals surface area contributed by atoms with Crippen molar-refractivity contribution in [3.63, 3.8) is 0 Å². The summed E-state index contributed by atoms with van der Waals surface area (Å²) in [6, 6.07) is 12.2. The Morgan fingerprint density at radius 2 is 1.83 bits per heavy atom. The van der Waals surface area contributed by atoms with Gasteiger partial charge in [0.15, 0.2) is 0 Å². The summed E-state index contributed by atoms with van der Waals surface area (Å²) in [4.78, 5) is 41.9. The van der Waals surface area contributed by atoms with Crippen molar-refractivity contribution in [1.82, 2.24) is 15.6 Å². The van der Waals surface area contributed by atoms with Crippen molar-refractivity contribution in [2.24, 2.45) is 11.8 Å². The monoisotopic (exact) mass is 541 g/mol. The first-order chi connectivity index (χ1) is 16.7. The molecule has 0 fully saturated rings. The topological polar surface area (TPSA) is 129 Å². The van der Waals surface area contributed by atoms with Crippen LogP contribution in [0.2, 0.25) is 0 Å². The highest BCUT2D eigenvalue weighted by Gasteiger charge is 2.28. The number of carbonyl (C=O) groups is 3. The van der Waals surface area contributed by atoms with E-state index in [9.17, 15) is 14.4 Å². The Morgan fingerprint density at radius 3 is 2.51 bits per heavy atom. The molecule has 1 heterocycles. The Kier molecular flexibility index (Phi) is 8.92. The average molecular weight is 542 g/mol. The van der Waals surface area contributed by atoms with E-state index in [-0.39, 0.29) is 30.1 Å². The summed E-state index contributed by atoms with van der Waals surface area (Å²) in [5.74, 6) is -1.34. The second-order valence-corrected chi connectivity index (χ2v) is 9.97. The van der Waals surface area contributed by atoms with E-state index in [1.807, 2.05) is 44.3 Å². The zero-order valence-electron chi connectivity index (χ0n) is 20.2. The molecule has 0 aliphatic carbocycles. The number of carbonyl (C=O) groups excluding carboxylic acids is 3. The van der Waals surface area contributed by atoms with Crippen LogP contribution in [0.15, 0.2) is 53.1 Å². The fraction of sp³-hybridized carbons (Fsp3) is 0.346. The number of aromatic nitrogens is 1. The number of aromatic amines is 1. The number of nitrogens with one attached hydrogen (secondary N) is 4. The van der Waals surface area contributed by atoms with Crippen LogP contribution in [0, 0.1) is 11.8 Å². The highest BCUT2D eigenvalue weighted by molar-refractivity contribution is 9.10. The molecule has 0 aliphatic rings. The average Bonchev–Trinajstić information content (AvgIpc) is 3.22. The number of rotatable bonds is 10. The molecule has 2 atom stereocenters. The summed E-state index contributed by atoms with van der Waals surface area (Å²) in [5.41, 5.74) is 8.80. The van der Waals surface area contributed by atoms with Gasteiger partial charge in [-0.25, -0.2) is 0 Å². The number of nitrogen functional groups attached to an aromatic ring is 1. The minimum absolute atomic E-state index is 0.0208. The summed E-state index contributed by atoms with van der Waals surface area (Å²) in [5, 5.41) is 9.31. The molecule has 0 unspecified atom stereocenters. The van der Waals surface area contributed by atoms with E-state index in [1.54, 1.807) is 25.2 Å². The molecule has 0 spiro atoms. The Labute approximate surface area is 213 Å². The minimum Gasteiger partial charge on any atom is -0.397 e. The molecule has 2 aromatic carbocycles. The van der Waals surface area contributed by atoms with Gasteiger partial charge in [0.1, 0.15) is 6.04 Å². The number of anilines is 2. The lowest BCUT2D eigenvalue weighted by molar-refractivity contribution is -0.132. The second kappa shape index (κ2) is 11.9. The lowest BCUT2D eigenvalue weighted by Crippen LogP contribution is -2.49. The lowest BCUT2D eigenvalue weighted by Gasteiger charge is -2.23. The zero-order chi connectivity index (χ0) is 25.5. The Hall–Kier alpha value is -3.33. The highest BCUT2D eigenvalue weighted by Crippen LogP contribution is 2.25. The number of benzene rings is 2. The molecule has 8 nitrogen and oxygen atoms in total. The predicted molar refractivity (Wildman–Crippen MR) is 143 cm³/mol. The second-order valence-electron chi connectivity index (χ2n) is 9.05. The van der Waals surface area contributed by atoms with E-state index in [4.69, 9.17) is 5.73 Å². The van der Waals surface area contributed by atoms with Crippen molar-refractivity contribution in [3.05, 3.63) is 58.7 Å². The molecule has 3 rings (SSSR count). The van der Waals surface area contributed by atoms with Crippen molar-refractivity contribution in [1.29, 1.82) is 0 Å². The van der Waals surface area contributed by atoms with Crippen molar-refractivity contribution in [3.8, 4) is 0 Å². The van der Waals surface area contributed by atoms with Crippen molar-refractivity contribution >= 4 is 55.9 Å². The van der Waals surface area contributed by atoms with Gasteiger partial charge in [-0.3, -0.25) is 14.4 Å². The van der Waals surface area contributed by atoms with Crippen LogP contribution in [-0.4, -0.2) is 35.8 Å².